The topological polar surface area (TPSA) is 78.4 Å². The lowest BCUT2D eigenvalue weighted by Crippen LogP contribution is -2.19. The summed E-state index contributed by atoms with van der Waals surface area (Å²) < 4.78 is 9.06. The van der Waals surface area contributed by atoms with Crippen LogP contribution in [0.4, 0.5) is 0 Å². The molecular formula is C5H6N2O3. The summed E-state index contributed by atoms with van der Waals surface area (Å²) in [5.41, 5.74) is 4.94. The molecule has 54 valence electrons. The predicted molar refractivity (Wildman–Crippen MR) is 31.2 cm³/mol. The highest BCUT2D eigenvalue weighted by atomic mass is 16.6. The highest BCUT2D eigenvalue weighted by Gasteiger charge is 2.03. The number of nitrogens with two attached hydrogens (primary N) is 1. The van der Waals surface area contributed by atoms with Crippen LogP contribution >= 0.6 is 0 Å². The molecule has 0 bridgehead atoms. The van der Waals surface area contributed by atoms with Gasteiger partial charge < -0.3 is 14.9 Å². The molecule has 5 heteroatoms. The van der Waals surface area contributed by atoms with Crippen LogP contribution in [0.2, 0.25) is 0 Å². The van der Waals surface area contributed by atoms with Crippen molar-refractivity contribution in [2.45, 2.75) is 0 Å². The first-order valence-electron chi connectivity index (χ1n) is 2.63. The predicted octanol–water partition coefficient (Wildman–Crippen LogP) is -0.461. The van der Waals surface area contributed by atoms with Crippen molar-refractivity contribution in [3.63, 3.8) is 0 Å². The molecule has 0 unspecified atom stereocenters. The largest absolute Gasteiger partial charge is 0.417 e. The number of nitrogens with zero attached hydrogens (tertiary/aromatic N) is 1. The lowest BCUT2D eigenvalue weighted by atomic mass is 10.7. The molecule has 0 amide bonds. The van der Waals surface area contributed by atoms with Crippen molar-refractivity contribution in [3.8, 4) is 6.08 Å². The number of carbonyl (C=O) groups excluding carboxylic acids is 1. The van der Waals surface area contributed by atoms with E-state index in [1.165, 1.54) is 12.5 Å². The van der Waals surface area contributed by atoms with Crippen molar-refractivity contribution < 1.29 is 13.9 Å². The maximum absolute atomic E-state index is 10.4. The van der Waals surface area contributed by atoms with E-state index < -0.39 is 5.97 Å². The minimum absolute atomic E-state index is 0.0737. The highest BCUT2D eigenvalue weighted by Crippen LogP contribution is 2.03. The molecule has 0 aliphatic carbocycles. The zero-order valence-corrected chi connectivity index (χ0v) is 5.11. The van der Waals surface area contributed by atoms with Gasteiger partial charge in [0.2, 0.25) is 0 Å². The number of oxazole rings is 1. The number of esters is 1. The van der Waals surface area contributed by atoms with Crippen LogP contribution in [0.5, 0.6) is 6.08 Å². The third kappa shape index (κ3) is 1.56. The maximum atomic E-state index is 10.4. The fourth-order valence-electron chi connectivity index (χ4n) is 0.400. The minimum Gasteiger partial charge on any atom is -0.417 e. The maximum Gasteiger partial charge on any atom is 0.401 e. The van der Waals surface area contributed by atoms with E-state index in [-0.39, 0.29) is 12.6 Å². The summed E-state index contributed by atoms with van der Waals surface area (Å²) in [4.78, 5) is 14.0. The van der Waals surface area contributed by atoms with Crippen LogP contribution in [-0.4, -0.2) is 17.5 Å². The van der Waals surface area contributed by atoms with Crippen LogP contribution in [0.1, 0.15) is 0 Å². The smallest absolute Gasteiger partial charge is 0.401 e. The molecule has 0 atom stereocenters. The molecule has 0 saturated carbocycles. The van der Waals surface area contributed by atoms with E-state index in [2.05, 4.69) is 14.1 Å². The first-order chi connectivity index (χ1) is 4.83. The molecule has 0 aromatic carbocycles. The van der Waals surface area contributed by atoms with Crippen LogP contribution in [0, 0.1) is 0 Å². The Morgan fingerprint density at radius 2 is 2.70 bits per heavy atom. The Morgan fingerprint density at radius 1 is 1.90 bits per heavy atom. The molecule has 0 radical (unpaired) electrons. The van der Waals surface area contributed by atoms with E-state index in [1.807, 2.05) is 0 Å². The quantitative estimate of drug-likeness (QED) is 0.565. The summed E-state index contributed by atoms with van der Waals surface area (Å²) in [6, 6.07) is 0. The molecule has 1 aromatic heterocycles. The van der Waals surface area contributed by atoms with Crippen molar-refractivity contribution in [2.24, 2.45) is 5.73 Å². The average molecular weight is 142 g/mol. The molecule has 0 aliphatic heterocycles. The van der Waals surface area contributed by atoms with E-state index >= 15 is 0 Å². The standard InChI is InChI=1S/C5H6N2O3/c6-3-4(8)10-5-7-1-2-9-5/h1-2H,3,6H2. The number of aromatic nitrogens is 1. The Morgan fingerprint density at radius 3 is 3.20 bits per heavy atom. The molecular weight excluding hydrogens is 136 g/mol. The number of hydrogen-bond donors (Lipinski definition) is 1. The van der Waals surface area contributed by atoms with Crippen LogP contribution in [0.3, 0.4) is 0 Å². The van der Waals surface area contributed by atoms with Crippen molar-refractivity contribution in [1.82, 2.24) is 4.98 Å². The van der Waals surface area contributed by atoms with Gasteiger partial charge in [-0.3, -0.25) is 4.79 Å². The van der Waals surface area contributed by atoms with Crippen molar-refractivity contribution in [3.05, 3.63) is 12.5 Å². The molecule has 0 spiro atoms. The Balaban J connectivity index is 2.48. The fraction of sp³-hybridized carbons (Fsp3) is 0.200. The van der Waals surface area contributed by atoms with Crippen LogP contribution in [0.25, 0.3) is 0 Å². The lowest BCUT2D eigenvalue weighted by molar-refractivity contribution is -0.134. The van der Waals surface area contributed by atoms with Gasteiger partial charge in [-0.2, -0.15) is 4.98 Å². The lowest BCUT2D eigenvalue weighted by Gasteiger charge is -1.92. The zero-order valence-electron chi connectivity index (χ0n) is 5.11. The minimum atomic E-state index is -0.567. The third-order valence-corrected chi connectivity index (χ3v) is 0.777. The second-order valence-corrected chi connectivity index (χ2v) is 1.48. The number of rotatable bonds is 2. The molecule has 1 aromatic rings. The van der Waals surface area contributed by atoms with Gasteiger partial charge in [0.25, 0.3) is 0 Å². The summed E-state index contributed by atoms with van der Waals surface area (Å²) in [6.07, 6.45) is 2.61. The van der Waals surface area contributed by atoms with Gasteiger partial charge in [0.05, 0.1) is 12.7 Å². The first-order valence-corrected chi connectivity index (χ1v) is 2.63. The monoisotopic (exact) mass is 142 g/mol. The molecule has 0 saturated heterocycles. The van der Waals surface area contributed by atoms with Crippen molar-refractivity contribution in [2.75, 3.05) is 6.54 Å². The van der Waals surface area contributed by atoms with Gasteiger partial charge in [-0.1, -0.05) is 0 Å². The SMILES string of the molecule is NCC(=O)Oc1ncco1. The molecule has 1 rings (SSSR count). The summed E-state index contributed by atoms with van der Waals surface area (Å²) in [6.45, 7) is -0.178. The summed E-state index contributed by atoms with van der Waals surface area (Å²) in [5.74, 6) is -0.567. The Bertz CT molecular complexity index is 207. The Labute approximate surface area is 56.8 Å². The number of ether oxygens (including phenoxy) is 1. The number of hydrogen-bond acceptors (Lipinski definition) is 5. The molecule has 10 heavy (non-hydrogen) atoms. The third-order valence-electron chi connectivity index (χ3n) is 0.777. The molecule has 2 N–H and O–H groups in total. The summed E-state index contributed by atoms with van der Waals surface area (Å²) in [5, 5.41) is 0. The first kappa shape index (κ1) is 6.76. The highest BCUT2D eigenvalue weighted by molar-refractivity contribution is 5.73. The van der Waals surface area contributed by atoms with Crippen LogP contribution in [-0.2, 0) is 4.79 Å². The van der Waals surface area contributed by atoms with Gasteiger partial charge in [0.15, 0.2) is 0 Å². The van der Waals surface area contributed by atoms with Gasteiger partial charge in [-0.05, 0) is 0 Å². The molecule has 0 aliphatic rings. The molecule has 5 nitrogen and oxygen atoms in total. The Kier molecular flexibility index (Phi) is 2.01. The van der Waals surface area contributed by atoms with E-state index in [0.717, 1.165) is 0 Å². The van der Waals surface area contributed by atoms with Crippen LogP contribution in [0.15, 0.2) is 16.9 Å². The molecule has 0 fully saturated rings. The second kappa shape index (κ2) is 2.98. The number of carbonyl (C=O) groups is 1. The van der Waals surface area contributed by atoms with E-state index in [1.54, 1.807) is 0 Å². The van der Waals surface area contributed by atoms with Crippen LogP contribution < -0.4 is 10.5 Å². The zero-order chi connectivity index (χ0) is 7.40. The Hall–Kier alpha value is -1.36. The van der Waals surface area contributed by atoms with Gasteiger partial charge in [-0.25, -0.2) is 0 Å². The fourth-order valence-corrected chi connectivity index (χ4v) is 0.400. The van der Waals surface area contributed by atoms with E-state index in [9.17, 15) is 4.79 Å². The van der Waals surface area contributed by atoms with Gasteiger partial charge in [0, 0.05) is 0 Å². The normalized spacial score (nSPS) is 9.30. The molecule has 1 heterocycles. The average Bonchev–Trinajstić information content (AvgIpc) is 2.40. The summed E-state index contributed by atoms with van der Waals surface area (Å²) in [7, 11) is 0. The summed E-state index contributed by atoms with van der Waals surface area (Å²) >= 11 is 0. The van der Waals surface area contributed by atoms with Gasteiger partial charge in [-0.15, -0.1) is 0 Å². The second-order valence-electron chi connectivity index (χ2n) is 1.48. The van der Waals surface area contributed by atoms with Crippen molar-refractivity contribution >= 4 is 5.97 Å². The van der Waals surface area contributed by atoms with E-state index in [4.69, 9.17) is 5.73 Å². The van der Waals surface area contributed by atoms with Gasteiger partial charge in [0.1, 0.15) is 6.26 Å². The van der Waals surface area contributed by atoms with Gasteiger partial charge >= 0.3 is 12.0 Å². The van der Waals surface area contributed by atoms with E-state index in [0.29, 0.717) is 0 Å². The van der Waals surface area contributed by atoms with Crippen molar-refractivity contribution in [1.29, 1.82) is 0 Å².